The summed E-state index contributed by atoms with van der Waals surface area (Å²) in [5.41, 5.74) is 7.69. The predicted octanol–water partition coefficient (Wildman–Crippen LogP) is 2.65. The molecule has 0 aliphatic heterocycles. The topological polar surface area (TPSA) is 70.0 Å². The molecule has 1 rings (SSSR count). The average Bonchev–Trinajstić information content (AvgIpc) is 2.17. The number of nitrogens with two attached hydrogens (primary N) is 1. The van der Waals surface area contributed by atoms with Crippen molar-refractivity contribution < 1.29 is 5.11 Å². The number of nitrogens with zero attached hydrogens (tertiary/aromatic N) is 1. The van der Waals surface area contributed by atoms with Gasteiger partial charge in [0.05, 0.1) is 5.56 Å². The number of para-hydroxylation sites is 1. The Morgan fingerprint density at radius 1 is 1.62 bits per heavy atom. The Morgan fingerprint density at radius 3 is 2.75 bits per heavy atom. The first-order valence-electron chi connectivity index (χ1n) is 4.68. The van der Waals surface area contributed by atoms with E-state index in [1.807, 2.05) is 13.0 Å². The van der Waals surface area contributed by atoms with Gasteiger partial charge in [-0.05, 0) is 19.4 Å². The Bertz CT molecular complexity index is 424. The zero-order valence-corrected chi connectivity index (χ0v) is 9.92. The van der Waals surface area contributed by atoms with Crippen LogP contribution in [0.3, 0.4) is 0 Å². The Morgan fingerprint density at radius 2 is 2.25 bits per heavy atom. The van der Waals surface area contributed by atoms with Crippen LogP contribution in [0.15, 0.2) is 30.4 Å². The minimum Gasteiger partial charge on any atom is -0.506 e. The SMILES string of the molecule is C=C(C)C[C@@H](N)c1cccc(C#N)c1O.Cl. The molecule has 0 aliphatic rings. The summed E-state index contributed by atoms with van der Waals surface area (Å²) in [5.74, 6) is -0.0197. The Labute approximate surface area is 102 Å². The predicted molar refractivity (Wildman–Crippen MR) is 66.4 cm³/mol. The van der Waals surface area contributed by atoms with Gasteiger partial charge in [-0.2, -0.15) is 5.26 Å². The van der Waals surface area contributed by atoms with Gasteiger partial charge in [-0.15, -0.1) is 19.0 Å². The number of nitriles is 1. The minimum absolute atomic E-state index is 0. The lowest BCUT2D eigenvalue weighted by Gasteiger charge is -2.13. The van der Waals surface area contributed by atoms with Crippen LogP contribution in [0, 0.1) is 11.3 Å². The lowest BCUT2D eigenvalue weighted by atomic mass is 9.98. The molecule has 0 heterocycles. The molecule has 3 nitrogen and oxygen atoms in total. The third-order valence-corrected chi connectivity index (χ3v) is 2.16. The highest BCUT2D eigenvalue weighted by Crippen LogP contribution is 2.29. The molecule has 0 fully saturated rings. The summed E-state index contributed by atoms with van der Waals surface area (Å²) in [4.78, 5) is 0. The fourth-order valence-electron chi connectivity index (χ4n) is 1.44. The van der Waals surface area contributed by atoms with Gasteiger partial charge < -0.3 is 10.8 Å². The fraction of sp³-hybridized carbons (Fsp3) is 0.250. The molecule has 0 bridgehead atoms. The molecule has 0 aromatic heterocycles. The second-order valence-corrected chi connectivity index (χ2v) is 3.62. The highest BCUT2D eigenvalue weighted by atomic mass is 35.5. The van der Waals surface area contributed by atoms with Crippen molar-refractivity contribution in [1.82, 2.24) is 0 Å². The van der Waals surface area contributed by atoms with E-state index in [0.29, 0.717) is 12.0 Å². The smallest absolute Gasteiger partial charge is 0.138 e. The molecule has 0 aliphatic carbocycles. The molecule has 0 amide bonds. The second-order valence-electron chi connectivity index (χ2n) is 3.62. The molecule has 16 heavy (non-hydrogen) atoms. The minimum atomic E-state index is -0.309. The number of rotatable bonds is 3. The van der Waals surface area contributed by atoms with Crippen molar-refractivity contribution in [3.8, 4) is 11.8 Å². The Balaban J connectivity index is 0.00000225. The van der Waals surface area contributed by atoms with Gasteiger partial charge in [0, 0.05) is 11.6 Å². The molecule has 0 saturated heterocycles. The van der Waals surface area contributed by atoms with Crippen LogP contribution in [0.4, 0.5) is 0 Å². The number of benzene rings is 1. The second kappa shape index (κ2) is 6.16. The highest BCUT2D eigenvalue weighted by molar-refractivity contribution is 5.85. The number of phenols is 1. The summed E-state index contributed by atoms with van der Waals surface area (Å²) in [5, 5.41) is 18.5. The molecule has 0 saturated carbocycles. The van der Waals surface area contributed by atoms with Crippen LogP contribution in [0.1, 0.15) is 30.5 Å². The van der Waals surface area contributed by atoms with Gasteiger partial charge in [-0.1, -0.05) is 17.7 Å². The fourth-order valence-corrected chi connectivity index (χ4v) is 1.44. The molecule has 1 atom stereocenters. The summed E-state index contributed by atoms with van der Waals surface area (Å²) < 4.78 is 0. The molecule has 0 unspecified atom stereocenters. The standard InChI is InChI=1S/C12H14N2O.ClH/c1-8(2)6-11(14)10-5-3-4-9(7-13)12(10)15;/h3-5,11,15H,1,6,14H2,2H3;1H/t11-;/m1./s1. The van der Waals surface area contributed by atoms with Crippen molar-refractivity contribution in [1.29, 1.82) is 5.26 Å². The lowest BCUT2D eigenvalue weighted by molar-refractivity contribution is 0.459. The summed E-state index contributed by atoms with van der Waals surface area (Å²) in [6, 6.07) is 6.61. The normalized spacial score (nSPS) is 11.1. The molecular formula is C12H15ClN2O. The van der Waals surface area contributed by atoms with E-state index in [1.54, 1.807) is 18.2 Å². The monoisotopic (exact) mass is 238 g/mol. The van der Waals surface area contributed by atoms with E-state index in [1.165, 1.54) is 0 Å². The van der Waals surface area contributed by atoms with Crippen molar-refractivity contribution in [3.05, 3.63) is 41.5 Å². The van der Waals surface area contributed by atoms with Crippen LogP contribution < -0.4 is 5.73 Å². The van der Waals surface area contributed by atoms with E-state index in [2.05, 4.69) is 6.58 Å². The van der Waals surface area contributed by atoms with Gasteiger partial charge >= 0.3 is 0 Å². The van der Waals surface area contributed by atoms with Crippen LogP contribution >= 0.6 is 12.4 Å². The number of halogens is 1. The Kier molecular flexibility index (Phi) is 5.59. The van der Waals surface area contributed by atoms with Crippen molar-refractivity contribution in [2.24, 2.45) is 5.73 Å². The highest BCUT2D eigenvalue weighted by Gasteiger charge is 2.13. The largest absolute Gasteiger partial charge is 0.506 e. The number of phenolic OH excluding ortho intramolecular Hbond substituents is 1. The van der Waals surface area contributed by atoms with Crippen molar-refractivity contribution in [2.45, 2.75) is 19.4 Å². The first kappa shape index (κ1) is 14.5. The Hall–Kier alpha value is -1.50. The zero-order valence-electron chi connectivity index (χ0n) is 9.10. The van der Waals surface area contributed by atoms with Gasteiger partial charge in [0.15, 0.2) is 0 Å². The number of aromatic hydroxyl groups is 1. The molecule has 0 spiro atoms. The maximum Gasteiger partial charge on any atom is 0.138 e. The van der Waals surface area contributed by atoms with Crippen LogP contribution in [0.25, 0.3) is 0 Å². The average molecular weight is 239 g/mol. The zero-order chi connectivity index (χ0) is 11.4. The molecule has 3 N–H and O–H groups in total. The summed E-state index contributed by atoms with van der Waals surface area (Å²) in [7, 11) is 0. The molecule has 1 aromatic rings. The van der Waals surface area contributed by atoms with Crippen molar-refractivity contribution in [2.75, 3.05) is 0 Å². The summed E-state index contributed by atoms with van der Waals surface area (Å²) in [6.45, 7) is 5.65. The lowest BCUT2D eigenvalue weighted by Crippen LogP contribution is -2.10. The van der Waals surface area contributed by atoms with Crippen LogP contribution in [-0.2, 0) is 0 Å². The molecular weight excluding hydrogens is 224 g/mol. The molecule has 0 radical (unpaired) electrons. The quantitative estimate of drug-likeness (QED) is 0.796. The van der Waals surface area contributed by atoms with Crippen LogP contribution in [-0.4, -0.2) is 5.11 Å². The van der Waals surface area contributed by atoms with E-state index >= 15 is 0 Å². The first-order chi connectivity index (χ1) is 7.06. The van der Waals surface area contributed by atoms with Gasteiger partial charge in [-0.3, -0.25) is 0 Å². The van der Waals surface area contributed by atoms with Gasteiger partial charge in [0.25, 0.3) is 0 Å². The maximum absolute atomic E-state index is 9.74. The van der Waals surface area contributed by atoms with Crippen LogP contribution in [0.2, 0.25) is 0 Å². The van der Waals surface area contributed by atoms with Crippen LogP contribution in [0.5, 0.6) is 5.75 Å². The van der Waals surface area contributed by atoms with E-state index in [-0.39, 0.29) is 29.8 Å². The number of hydrogen-bond acceptors (Lipinski definition) is 3. The summed E-state index contributed by atoms with van der Waals surface area (Å²) >= 11 is 0. The molecule has 86 valence electrons. The van der Waals surface area contributed by atoms with Gasteiger partial charge in [0.1, 0.15) is 11.8 Å². The molecule has 4 heteroatoms. The van der Waals surface area contributed by atoms with E-state index in [4.69, 9.17) is 11.0 Å². The van der Waals surface area contributed by atoms with Crippen molar-refractivity contribution in [3.63, 3.8) is 0 Å². The van der Waals surface area contributed by atoms with E-state index < -0.39 is 0 Å². The first-order valence-corrected chi connectivity index (χ1v) is 4.68. The maximum atomic E-state index is 9.74. The van der Waals surface area contributed by atoms with Gasteiger partial charge in [0.2, 0.25) is 0 Å². The third kappa shape index (κ3) is 3.27. The van der Waals surface area contributed by atoms with Crippen molar-refractivity contribution >= 4 is 12.4 Å². The third-order valence-electron chi connectivity index (χ3n) is 2.16. The summed E-state index contributed by atoms with van der Waals surface area (Å²) in [6.07, 6.45) is 0.600. The number of hydrogen-bond donors (Lipinski definition) is 2. The van der Waals surface area contributed by atoms with E-state index in [0.717, 1.165) is 5.57 Å². The van der Waals surface area contributed by atoms with Gasteiger partial charge in [-0.25, -0.2) is 0 Å². The molecule has 1 aromatic carbocycles. The van der Waals surface area contributed by atoms with E-state index in [9.17, 15) is 5.11 Å².